The fraction of sp³-hybridized carbons (Fsp3) is 0.222. The van der Waals surface area contributed by atoms with Crippen LogP contribution < -0.4 is 9.47 Å². The second-order valence-corrected chi connectivity index (χ2v) is 3.79. The van der Waals surface area contributed by atoms with Gasteiger partial charge in [-0.05, 0) is 0 Å². The van der Waals surface area contributed by atoms with Gasteiger partial charge in [-0.15, -0.1) is 0 Å². The molecule has 0 aliphatic rings. The highest BCUT2D eigenvalue weighted by molar-refractivity contribution is 8.13. The minimum absolute atomic E-state index is 0.0137. The summed E-state index contributed by atoms with van der Waals surface area (Å²) in [4.78, 5) is 20.7. The van der Waals surface area contributed by atoms with E-state index in [1.807, 2.05) is 0 Å². The van der Waals surface area contributed by atoms with Crippen LogP contribution in [-0.2, 0) is 0 Å². The normalized spacial score (nSPS) is 9.76. The van der Waals surface area contributed by atoms with Crippen molar-refractivity contribution in [3.05, 3.63) is 22.2 Å². The first-order valence-electron chi connectivity index (χ1n) is 4.30. The van der Waals surface area contributed by atoms with Crippen molar-refractivity contribution in [2.75, 3.05) is 14.2 Å². The Morgan fingerprint density at radius 2 is 1.88 bits per heavy atom. The van der Waals surface area contributed by atoms with Crippen LogP contribution in [0.4, 0.5) is 10.5 Å². The number of nitro benzene ring substituents is 1. The molecule has 0 saturated heterocycles. The maximum absolute atomic E-state index is 10.8. The summed E-state index contributed by atoms with van der Waals surface area (Å²) >= 11 is 0.342. The van der Waals surface area contributed by atoms with Gasteiger partial charge in [0.2, 0.25) is 0 Å². The molecule has 1 aromatic rings. The molecule has 0 fully saturated rings. The summed E-state index contributed by atoms with van der Waals surface area (Å²) in [5.74, 6) is 0.413. The number of methoxy groups -OCH3 is 2. The Kier molecular flexibility index (Phi) is 4.16. The fourth-order valence-corrected chi connectivity index (χ4v) is 1.76. The number of rotatable bonds is 4. The van der Waals surface area contributed by atoms with E-state index >= 15 is 0 Å². The highest BCUT2D eigenvalue weighted by atomic mass is 32.2. The third-order valence-corrected chi connectivity index (χ3v) is 2.58. The zero-order valence-corrected chi connectivity index (χ0v) is 9.82. The van der Waals surface area contributed by atoms with Crippen LogP contribution in [-0.4, -0.2) is 29.6 Å². The molecule has 0 amide bonds. The van der Waals surface area contributed by atoms with Crippen LogP contribution in [0.15, 0.2) is 17.0 Å². The monoisotopic (exact) mass is 259 g/mol. The number of carbonyl (C=O) groups is 1. The smallest absolute Gasteiger partial charge is 0.369 e. The molecule has 0 aromatic heterocycles. The van der Waals surface area contributed by atoms with E-state index in [-0.39, 0.29) is 22.1 Å². The molecule has 0 atom stereocenters. The number of hydrogen-bond acceptors (Lipinski definition) is 6. The number of hydrogen-bond donors (Lipinski definition) is 1. The van der Waals surface area contributed by atoms with Crippen LogP contribution >= 0.6 is 11.8 Å². The summed E-state index contributed by atoms with van der Waals surface area (Å²) in [6, 6.07) is 2.39. The highest BCUT2D eigenvalue weighted by Crippen LogP contribution is 2.39. The van der Waals surface area contributed by atoms with E-state index in [9.17, 15) is 14.9 Å². The summed E-state index contributed by atoms with van der Waals surface area (Å²) < 4.78 is 9.84. The fourth-order valence-electron chi connectivity index (χ4n) is 1.17. The zero-order chi connectivity index (χ0) is 13.0. The van der Waals surface area contributed by atoms with Gasteiger partial charge in [-0.3, -0.25) is 10.1 Å². The first kappa shape index (κ1) is 13.1. The average molecular weight is 259 g/mol. The molecule has 0 spiro atoms. The van der Waals surface area contributed by atoms with Gasteiger partial charge in [-0.2, -0.15) is 0 Å². The summed E-state index contributed by atoms with van der Waals surface area (Å²) in [5.41, 5.74) is -0.338. The third-order valence-electron chi connectivity index (χ3n) is 1.86. The van der Waals surface area contributed by atoms with Gasteiger partial charge in [0.15, 0.2) is 11.5 Å². The lowest BCUT2D eigenvalue weighted by molar-refractivity contribution is -0.387. The first-order chi connectivity index (χ1) is 7.99. The average Bonchev–Trinajstić information content (AvgIpc) is 2.27. The molecule has 0 bridgehead atoms. The SMILES string of the molecule is COc1cc(SC(=O)O)c([N+](=O)[O-])cc1OC. The molecule has 0 unspecified atom stereocenters. The molecule has 8 heteroatoms. The van der Waals surface area contributed by atoms with Crippen molar-refractivity contribution in [1.82, 2.24) is 0 Å². The van der Waals surface area contributed by atoms with Crippen LogP contribution in [0.5, 0.6) is 11.5 Å². The molecule has 92 valence electrons. The van der Waals surface area contributed by atoms with E-state index in [0.29, 0.717) is 11.8 Å². The summed E-state index contributed by atoms with van der Waals surface area (Å²) in [6.45, 7) is 0. The quantitative estimate of drug-likeness (QED) is 0.503. The molecule has 0 aliphatic carbocycles. The van der Waals surface area contributed by atoms with Crippen molar-refractivity contribution in [3.63, 3.8) is 0 Å². The van der Waals surface area contributed by atoms with Gasteiger partial charge in [-0.25, -0.2) is 4.79 Å². The minimum atomic E-state index is -1.24. The Hall–Kier alpha value is -1.96. The number of carboxylic acid groups (broad SMARTS) is 1. The van der Waals surface area contributed by atoms with E-state index in [4.69, 9.17) is 14.6 Å². The Morgan fingerprint density at radius 3 is 2.29 bits per heavy atom. The second-order valence-electron chi connectivity index (χ2n) is 2.80. The lowest BCUT2D eigenvalue weighted by Gasteiger charge is -2.08. The minimum Gasteiger partial charge on any atom is -0.493 e. The number of nitrogens with zero attached hydrogens (tertiary/aromatic N) is 1. The summed E-state index contributed by atoms with van der Waals surface area (Å²) in [5, 5.41) is 18.2. The van der Waals surface area contributed by atoms with Crippen molar-refractivity contribution in [2.45, 2.75) is 4.90 Å². The van der Waals surface area contributed by atoms with Crippen LogP contribution in [0.3, 0.4) is 0 Å². The number of thioether (sulfide) groups is 1. The van der Waals surface area contributed by atoms with Gasteiger partial charge in [0.1, 0.15) is 4.90 Å². The Labute approximate surface area is 100 Å². The van der Waals surface area contributed by atoms with E-state index in [1.54, 1.807) is 0 Å². The lowest BCUT2D eigenvalue weighted by Crippen LogP contribution is -1.97. The molecule has 1 rings (SSSR count). The number of ether oxygens (including phenoxy) is 2. The van der Waals surface area contributed by atoms with Gasteiger partial charge in [-0.1, -0.05) is 0 Å². The Bertz CT molecular complexity index is 461. The van der Waals surface area contributed by atoms with Crippen molar-refractivity contribution in [3.8, 4) is 11.5 Å². The maximum Gasteiger partial charge on any atom is 0.369 e. The molecule has 7 nitrogen and oxygen atoms in total. The summed E-state index contributed by atoms with van der Waals surface area (Å²) in [6.07, 6.45) is 0. The molecular weight excluding hydrogens is 250 g/mol. The van der Waals surface area contributed by atoms with Crippen molar-refractivity contribution in [1.29, 1.82) is 0 Å². The number of benzene rings is 1. The summed E-state index contributed by atoms with van der Waals surface area (Å²) in [7, 11) is 2.70. The standard InChI is InChI=1S/C9H9NO6S/c1-15-6-3-5(10(13)14)8(17-9(11)12)4-7(6)16-2/h3-4H,1-2H3,(H,11,12). The molecule has 0 radical (unpaired) electrons. The van der Waals surface area contributed by atoms with Crippen molar-refractivity contribution < 1.29 is 24.3 Å². The van der Waals surface area contributed by atoms with E-state index in [2.05, 4.69) is 0 Å². The van der Waals surface area contributed by atoms with E-state index in [1.165, 1.54) is 20.3 Å². The molecule has 1 aromatic carbocycles. The zero-order valence-electron chi connectivity index (χ0n) is 9.00. The third kappa shape index (κ3) is 3.00. The Morgan fingerprint density at radius 1 is 1.35 bits per heavy atom. The molecule has 1 N–H and O–H groups in total. The second kappa shape index (κ2) is 5.39. The number of nitro groups is 1. The van der Waals surface area contributed by atoms with Crippen molar-refractivity contribution in [2.24, 2.45) is 0 Å². The van der Waals surface area contributed by atoms with Gasteiger partial charge in [0, 0.05) is 17.8 Å². The van der Waals surface area contributed by atoms with Crippen LogP contribution in [0.1, 0.15) is 0 Å². The van der Waals surface area contributed by atoms with Crippen LogP contribution in [0, 0.1) is 10.1 Å². The van der Waals surface area contributed by atoms with Gasteiger partial charge in [0.05, 0.1) is 25.2 Å². The topological polar surface area (TPSA) is 98.9 Å². The molecule has 0 aliphatic heterocycles. The Balaban J connectivity index is 3.34. The van der Waals surface area contributed by atoms with Crippen molar-refractivity contribution >= 4 is 22.8 Å². The van der Waals surface area contributed by atoms with Gasteiger partial charge in [0.25, 0.3) is 5.69 Å². The molecular formula is C9H9NO6S. The predicted molar refractivity (Wildman–Crippen MR) is 60.1 cm³/mol. The first-order valence-corrected chi connectivity index (χ1v) is 5.12. The van der Waals surface area contributed by atoms with Crippen LogP contribution in [0.25, 0.3) is 0 Å². The molecule has 0 heterocycles. The molecule has 0 saturated carbocycles. The van der Waals surface area contributed by atoms with Gasteiger partial charge < -0.3 is 14.6 Å². The predicted octanol–water partition coefficient (Wildman–Crippen LogP) is 2.38. The maximum atomic E-state index is 10.8. The highest BCUT2D eigenvalue weighted by Gasteiger charge is 2.21. The van der Waals surface area contributed by atoms with Crippen LogP contribution in [0.2, 0.25) is 0 Å². The van der Waals surface area contributed by atoms with E-state index < -0.39 is 10.2 Å². The van der Waals surface area contributed by atoms with E-state index in [0.717, 1.165) is 6.07 Å². The van der Waals surface area contributed by atoms with Gasteiger partial charge >= 0.3 is 5.30 Å². The molecule has 17 heavy (non-hydrogen) atoms. The largest absolute Gasteiger partial charge is 0.493 e. The lowest BCUT2D eigenvalue weighted by atomic mass is 10.3.